The van der Waals surface area contributed by atoms with E-state index in [2.05, 4.69) is 424 Å². The molecule has 3 aliphatic rings. The molecule has 0 saturated carbocycles. The zero-order chi connectivity index (χ0) is 73.8. The van der Waals surface area contributed by atoms with Gasteiger partial charge in [-0.05, 0) is 222 Å². The van der Waals surface area contributed by atoms with Crippen molar-refractivity contribution in [2.24, 2.45) is 0 Å². The third kappa shape index (κ3) is 11.7. The first-order chi connectivity index (χ1) is 53.5. The number of fused-ring (bicyclic) bond motifs is 6. The van der Waals surface area contributed by atoms with Crippen molar-refractivity contribution in [2.45, 2.75) is 57.8 Å². The highest BCUT2D eigenvalue weighted by atomic mass is 14.4. The molecule has 0 fully saturated rings. The lowest BCUT2D eigenvalue weighted by molar-refractivity contribution is 0.697. The molecule has 0 spiro atoms. The van der Waals surface area contributed by atoms with Crippen LogP contribution in [0.25, 0.3) is 119 Å². The van der Waals surface area contributed by atoms with Gasteiger partial charge in [0.05, 0.1) is 0 Å². The van der Waals surface area contributed by atoms with Crippen LogP contribution in [-0.4, -0.2) is 0 Å². The van der Waals surface area contributed by atoms with Crippen LogP contribution in [0, 0.1) is 20.8 Å². The van der Waals surface area contributed by atoms with Gasteiger partial charge in [0.1, 0.15) is 0 Å². The normalized spacial score (nSPS) is 15.0. The first-order valence-electron chi connectivity index (χ1n) is 38.4. The third-order valence-electron chi connectivity index (χ3n) is 24.0. The quantitative estimate of drug-likeness (QED) is 0.155. The van der Waals surface area contributed by atoms with E-state index in [1.165, 1.54) is 186 Å². The molecule has 2 atom stereocenters. The molecule has 20 aromatic rings. The smallest absolute Gasteiger partial charge is 0.0436 e. The Bertz CT molecular complexity index is 6540. The molecule has 0 bridgehead atoms. The maximum Gasteiger partial charge on any atom is 0.0436 e. The van der Waals surface area contributed by atoms with Gasteiger partial charge in [0.15, 0.2) is 0 Å². The Kier molecular flexibility index (Phi) is 17.5. The minimum Gasteiger partial charge on any atom is -0.0622 e. The molecule has 3 aliphatic carbocycles. The van der Waals surface area contributed by atoms with Crippen LogP contribution < -0.4 is 0 Å². The first kappa shape index (κ1) is 67.9. The Labute approximate surface area is 639 Å². The van der Waals surface area contributed by atoms with Crippen LogP contribution in [0.2, 0.25) is 0 Å². The molecule has 20 aromatic carbocycles. The van der Waals surface area contributed by atoms with E-state index in [1.807, 2.05) is 18.2 Å². The van der Waals surface area contributed by atoms with Crippen molar-refractivity contribution in [3.63, 3.8) is 0 Å². The molecule has 0 aromatic heterocycles. The third-order valence-corrected chi connectivity index (χ3v) is 24.0. The molecule has 2 unspecified atom stereocenters. The predicted molar refractivity (Wildman–Crippen MR) is 468 cm³/mol. The van der Waals surface area contributed by atoms with E-state index in [0.717, 1.165) is 0 Å². The molecule has 0 heterocycles. The van der Waals surface area contributed by atoms with Crippen molar-refractivity contribution >= 4 is 97.0 Å². The summed E-state index contributed by atoms with van der Waals surface area (Å²) in [5.41, 5.74) is 21.5. The van der Waals surface area contributed by atoms with Crippen LogP contribution in [0.1, 0.15) is 87.5 Å². The minimum absolute atomic E-state index is 0.118. The molecule has 0 saturated heterocycles. The molecule has 0 aliphatic heterocycles. The molecule has 0 amide bonds. The summed E-state index contributed by atoms with van der Waals surface area (Å²) in [5.74, 6) is 0. The minimum atomic E-state index is -0.133. The predicted octanol–water partition coefficient (Wildman–Crippen LogP) is 29.2. The van der Waals surface area contributed by atoms with Gasteiger partial charge >= 0.3 is 0 Å². The summed E-state index contributed by atoms with van der Waals surface area (Å²) in [6.45, 7) is 13.5. The fourth-order valence-corrected chi connectivity index (χ4v) is 18.4. The van der Waals surface area contributed by atoms with Gasteiger partial charge in [0, 0.05) is 16.2 Å². The highest BCUT2D eigenvalue weighted by molar-refractivity contribution is 6.23. The summed E-state index contributed by atoms with van der Waals surface area (Å²) in [5, 5.41) is 24.4. The Morgan fingerprint density at radius 3 is 0.936 bits per heavy atom. The van der Waals surface area contributed by atoms with Crippen molar-refractivity contribution in [1.82, 2.24) is 0 Å². The lowest BCUT2D eigenvalue weighted by Gasteiger charge is -2.38. The van der Waals surface area contributed by atoms with Gasteiger partial charge in [-0.2, -0.15) is 0 Å². The van der Waals surface area contributed by atoms with Gasteiger partial charge in [-0.3, -0.25) is 0 Å². The van der Waals surface area contributed by atoms with Gasteiger partial charge in [0.2, 0.25) is 0 Å². The summed E-state index contributed by atoms with van der Waals surface area (Å²) in [6, 6.07) is 145. The molecule has 0 nitrogen and oxygen atoms in total. The second-order valence-electron chi connectivity index (χ2n) is 30.3. The van der Waals surface area contributed by atoms with Crippen molar-refractivity contribution in [2.75, 3.05) is 0 Å². The van der Waals surface area contributed by atoms with Gasteiger partial charge < -0.3 is 0 Å². The summed E-state index contributed by atoms with van der Waals surface area (Å²) in [6.07, 6.45) is 0. The monoisotopic (exact) mass is 1390 g/mol. The van der Waals surface area contributed by atoms with Gasteiger partial charge in [-0.25, -0.2) is 0 Å². The largest absolute Gasteiger partial charge is 0.0622 e. The van der Waals surface area contributed by atoms with E-state index in [0.29, 0.717) is 0 Å². The fraction of sp³-hybridized carbons (Fsp3) is 0.0826. The van der Waals surface area contributed by atoms with E-state index < -0.39 is 0 Å². The first-order valence-corrected chi connectivity index (χ1v) is 38.4. The molecule has 0 N–H and O–H groups in total. The van der Waals surface area contributed by atoms with Crippen LogP contribution in [0.15, 0.2) is 400 Å². The van der Waals surface area contributed by atoms with Crippen molar-refractivity contribution in [3.8, 4) is 22.3 Å². The van der Waals surface area contributed by atoms with Crippen LogP contribution in [0.4, 0.5) is 0 Å². The van der Waals surface area contributed by atoms with E-state index in [1.54, 1.807) is 0 Å². The molecule has 23 rings (SSSR count). The van der Waals surface area contributed by atoms with E-state index in [4.69, 9.17) is 0 Å². The number of hydrogen-bond donors (Lipinski definition) is 0. The SMILES string of the molecule is CC1(c2ccc3ccccc3c2)c2cccc3ccc4cccc1c4c23.CC1(c2ccccc2)c2ccccc2-c2cccc3cccc1c23.CC1(c2ccccc2)c2ccccc2-c2cccc3cccc1c23.Cc1ccc2ccc3cccc4ccc1c2c34.Cc1ccc2ccccc2c1.Cc1ccccc1. The van der Waals surface area contributed by atoms with E-state index in [-0.39, 0.29) is 16.2 Å². The molecule has 109 heavy (non-hydrogen) atoms. The standard InChI is InChI=1S/C26H18.2C24H18.C17H12.C11H10.C7H8/c1-26(21-15-14-17-6-2-3-7-20(17)16-21)22-10-4-8-18-12-13-19-9-5-11-23(26)25(19)24(18)22;2*1-24(18-11-3-2-4-12-18)21-15-6-5-13-19(21)20-14-7-9-17-10-8-16-22(24)23(17)20;1-11-5-6-14-8-7-12-3-2-4-13-9-10-15(11)17(14)16(12)13;1-9-6-7-10-4-2-3-5-11(10)8-9;1-7-5-3-2-4-6-7/h2-16H,1H3;2*2-16H,1H3;2-10H,1H3;2-8H,1H3;2-6H,1H3. The summed E-state index contributed by atoms with van der Waals surface area (Å²) in [4.78, 5) is 0. The molecule has 520 valence electrons. The Hall–Kier alpha value is -13.0. The molecular formula is C109H84. The van der Waals surface area contributed by atoms with Crippen LogP contribution in [0.5, 0.6) is 0 Å². The molecule has 0 heteroatoms. The zero-order valence-electron chi connectivity index (χ0n) is 62.6. The second-order valence-corrected chi connectivity index (χ2v) is 30.3. The highest BCUT2D eigenvalue weighted by Crippen LogP contribution is 2.55. The van der Waals surface area contributed by atoms with Crippen LogP contribution in [0.3, 0.4) is 0 Å². The highest BCUT2D eigenvalue weighted by Gasteiger charge is 2.42. The number of hydrogen-bond acceptors (Lipinski definition) is 0. The van der Waals surface area contributed by atoms with Gasteiger partial charge in [0.25, 0.3) is 0 Å². The summed E-state index contributed by atoms with van der Waals surface area (Å²) < 4.78 is 0. The van der Waals surface area contributed by atoms with E-state index >= 15 is 0 Å². The fourth-order valence-electron chi connectivity index (χ4n) is 18.4. The molecule has 0 radical (unpaired) electrons. The number of aryl methyl sites for hydroxylation is 3. The number of benzene rings is 20. The van der Waals surface area contributed by atoms with Gasteiger partial charge in [-0.1, -0.05) is 405 Å². The zero-order valence-corrected chi connectivity index (χ0v) is 62.6. The maximum absolute atomic E-state index is 2.39. The van der Waals surface area contributed by atoms with Crippen molar-refractivity contribution < 1.29 is 0 Å². The maximum atomic E-state index is 2.39. The summed E-state index contributed by atoms with van der Waals surface area (Å²) in [7, 11) is 0. The Balaban J connectivity index is 0.0000000955. The van der Waals surface area contributed by atoms with E-state index in [9.17, 15) is 0 Å². The van der Waals surface area contributed by atoms with Crippen LogP contribution >= 0.6 is 0 Å². The molecular weight excluding hydrogens is 1310 g/mol. The Morgan fingerprint density at radius 1 is 0.165 bits per heavy atom. The van der Waals surface area contributed by atoms with Crippen LogP contribution in [-0.2, 0) is 16.2 Å². The van der Waals surface area contributed by atoms with Crippen molar-refractivity contribution in [1.29, 1.82) is 0 Å². The van der Waals surface area contributed by atoms with Gasteiger partial charge in [-0.15, -0.1) is 0 Å². The summed E-state index contributed by atoms with van der Waals surface area (Å²) >= 11 is 0. The number of rotatable bonds is 3. The average Bonchev–Trinajstić information content (AvgIpc) is 1.69. The lowest BCUT2D eigenvalue weighted by Crippen LogP contribution is -2.28. The lowest BCUT2D eigenvalue weighted by atomic mass is 9.64. The Morgan fingerprint density at radius 2 is 0.468 bits per heavy atom. The second kappa shape index (κ2) is 28.0. The topological polar surface area (TPSA) is 0 Å². The van der Waals surface area contributed by atoms with Crippen molar-refractivity contribution in [3.05, 3.63) is 467 Å². The average molecular weight is 1390 g/mol.